The lowest BCUT2D eigenvalue weighted by molar-refractivity contribution is 0.0909. The Balaban J connectivity index is 2.46. The fourth-order valence-electron chi connectivity index (χ4n) is 2.02. The molecule has 2 aromatic rings. The molecule has 0 aliphatic heterocycles. The van der Waals surface area contributed by atoms with Crippen LogP contribution in [0.2, 0.25) is 10.0 Å². The number of carbonyl (C=O) groups is 1. The highest BCUT2D eigenvalue weighted by molar-refractivity contribution is 6.39. The summed E-state index contributed by atoms with van der Waals surface area (Å²) >= 11 is 12.5. The number of aryl methyl sites for hydroxylation is 1. The van der Waals surface area contributed by atoms with Crippen LogP contribution in [0.15, 0.2) is 22.7 Å². The van der Waals surface area contributed by atoms with Gasteiger partial charge in [0, 0.05) is 11.6 Å². The molecule has 1 amide bonds. The summed E-state index contributed by atoms with van der Waals surface area (Å²) in [6, 6.07) is 5.11. The second-order valence-electron chi connectivity index (χ2n) is 6.62. The Bertz CT molecular complexity index is 712. The maximum atomic E-state index is 12.7. The van der Waals surface area contributed by atoms with Crippen LogP contribution in [0, 0.1) is 12.3 Å². The highest BCUT2D eigenvalue weighted by Crippen LogP contribution is 2.36. The van der Waals surface area contributed by atoms with Crippen molar-refractivity contribution in [1.82, 2.24) is 10.5 Å². The zero-order chi connectivity index (χ0) is 17.4. The molecule has 0 radical (unpaired) electrons. The van der Waals surface area contributed by atoms with Gasteiger partial charge in [-0.25, -0.2) is 0 Å². The van der Waals surface area contributed by atoms with Gasteiger partial charge >= 0.3 is 0 Å². The van der Waals surface area contributed by atoms with Gasteiger partial charge in [-0.05, 0) is 31.4 Å². The summed E-state index contributed by atoms with van der Waals surface area (Å²) in [7, 11) is 0. The summed E-state index contributed by atoms with van der Waals surface area (Å²) in [6.45, 7) is 9.83. The van der Waals surface area contributed by atoms with Gasteiger partial charge in [0.1, 0.15) is 17.0 Å². The molecule has 0 saturated heterocycles. The van der Waals surface area contributed by atoms with E-state index in [9.17, 15) is 4.79 Å². The molecule has 1 aromatic heterocycles. The van der Waals surface area contributed by atoms with Gasteiger partial charge in [-0.1, -0.05) is 55.2 Å². The van der Waals surface area contributed by atoms with Crippen LogP contribution in [0.25, 0.3) is 11.3 Å². The van der Waals surface area contributed by atoms with E-state index >= 15 is 0 Å². The average molecular weight is 355 g/mol. The summed E-state index contributed by atoms with van der Waals surface area (Å²) in [4.78, 5) is 12.7. The third kappa shape index (κ3) is 3.70. The fraction of sp³-hybridized carbons (Fsp3) is 0.412. The van der Waals surface area contributed by atoms with Crippen LogP contribution >= 0.6 is 23.2 Å². The fourth-order valence-corrected chi connectivity index (χ4v) is 2.60. The number of nitrogens with one attached hydrogen (secondary N) is 1. The summed E-state index contributed by atoms with van der Waals surface area (Å²) in [5, 5.41) is 7.82. The third-order valence-corrected chi connectivity index (χ3v) is 4.57. The van der Waals surface area contributed by atoms with Gasteiger partial charge < -0.3 is 9.84 Å². The second-order valence-corrected chi connectivity index (χ2v) is 7.43. The lowest BCUT2D eigenvalue weighted by atomic mass is 9.88. The van der Waals surface area contributed by atoms with Gasteiger partial charge in [-0.3, -0.25) is 4.79 Å². The Hall–Kier alpha value is -1.52. The third-order valence-electron chi connectivity index (χ3n) is 3.94. The minimum atomic E-state index is -0.253. The van der Waals surface area contributed by atoms with Crippen LogP contribution < -0.4 is 5.32 Å². The zero-order valence-electron chi connectivity index (χ0n) is 13.8. The molecular formula is C17H20Cl2N2O2. The van der Waals surface area contributed by atoms with Gasteiger partial charge in [-0.2, -0.15) is 0 Å². The molecule has 2 rings (SSSR count). The van der Waals surface area contributed by atoms with E-state index in [2.05, 4.69) is 31.2 Å². The van der Waals surface area contributed by atoms with Gasteiger partial charge in [0.25, 0.3) is 5.91 Å². The molecular weight excluding hydrogens is 335 g/mol. The Morgan fingerprint density at radius 2 is 1.83 bits per heavy atom. The number of amides is 1. The molecule has 1 heterocycles. The molecule has 1 aromatic carbocycles. The largest absolute Gasteiger partial charge is 0.360 e. The van der Waals surface area contributed by atoms with Crippen LogP contribution in [0.1, 0.15) is 43.8 Å². The van der Waals surface area contributed by atoms with Crippen molar-refractivity contribution in [2.45, 2.75) is 40.7 Å². The van der Waals surface area contributed by atoms with E-state index in [4.69, 9.17) is 27.7 Å². The second kappa shape index (κ2) is 6.54. The molecule has 23 heavy (non-hydrogen) atoms. The predicted octanol–water partition coefficient (Wildman–Crippen LogP) is 5.12. The highest BCUT2D eigenvalue weighted by atomic mass is 35.5. The topological polar surface area (TPSA) is 55.1 Å². The minimum absolute atomic E-state index is 0.0288. The van der Waals surface area contributed by atoms with Gasteiger partial charge in [-0.15, -0.1) is 0 Å². The molecule has 0 fully saturated rings. The molecule has 0 spiro atoms. The van der Waals surface area contributed by atoms with Crippen molar-refractivity contribution in [3.05, 3.63) is 39.6 Å². The maximum Gasteiger partial charge on any atom is 0.257 e. The molecule has 124 valence electrons. The van der Waals surface area contributed by atoms with Crippen LogP contribution in [-0.4, -0.2) is 17.1 Å². The first-order valence-corrected chi connectivity index (χ1v) is 8.10. The van der Waals surface area contributed by atoms with Crippen LogP contribution in [-0.2, 0) is 0 Å². The van der Waals surface area contributed by atoms with Crippen molar-refractivity contribution < 1.29 is 9.32 Å². The molecule has 0 bridgehead atoms. The normalized spacial score (nSPS) is 13.0. The molecule has 4 nitrogen and oxygen atoms in total. The van der Waals surface area contributed by atoms with E-state index in [1.54, 1.807) is 25.1 Å². The number of hydrogen-bond donors (Lipinski definition) is 1. The number of hydrogen-bond acceptors (Lipinski definition) is 3. The van der Waals surface area contributed by atoms with Gasteiger partial charge in [0.15, 0.2) is 0 Å². The first-order valence-electron chi connectivity index (χ1n) is 7.34. The number of rotatable bonds is 3. The van der Waals surface area contributed by atoms with Crippen molar-refractivity contribution in [2.24, 2.45) is 5.41 Å². The lowest BCUT2D eigenvalue weighted by Crippen LogP contribution is -2.41. The molecule has 6 heteroatoms. The number of carbonyl (C=O) groups excluding carboxylic acids is 1. The van der Waals surface area contributed by atoms with E-state index in [-0.39, 0.29) is 17.4 Å². The standard InChI is InChI=1S/C17H20Cl2N2O2/c1-9-13(16(22)20-10(2)17(3,4)5)15(21-23-9)14-11(18)7-6-8-12(14)19/h6-8,10H,1-5H3,(H,20,22)/t10-/m0/s1. The molecule has 1 N–H and O–H groups in total. The summed E-state index contributed by atoms with van der Waals surface area (Å²) in [6.07, 6.45) is 0. The number of halogens is 2. The van der Waals surface area contributed by atoms with Crippen molar-refractivity contribution >= 4 is 29.1 Å². The molecule has 1 atom stereocenters. The van der Waals surface area contributed by atoms with Crippen LogP contribution in [0.4, 0.5) is 0 Å². The molecule has 0 unspecified atom stereocenters. The van der Waals surface area contributed by atoms with Crippen LogP contribution in [0.5, 0.6) is 0 Å². The Labute approximate surface area is 146 Å². The first-order chi connectivity index (χ1) is 10.6. The number of aromatic nitrogens is 1. The highest BCUT2D eigenvalue weighted by Gasteiger charge is 2.28. The minimum Gasteiger partial charge on any atom is -0.360 e. The zero-order valence-corrected chi connectivity index (χ0v) is 15.3. The van der Waals surface area contributed by atoms with Crippen molar-refractivity contribution in [3.8, 4) is 11.3 Å². The Kier molecular flexibility index (Phi) is 5.07. The van der Waals surface area contributed by atoms with E-state index in [1.807, 2.05) is 6.92 Å². The van der Waals surface area contributed by atoms with Crippen LogP contribution in [0.3, 0.4) is 0 Å². The van der Waals surface area contributed by atoms with E-state index < -0.39 is 0 Å². The van der Waals surface area contributed by atoms with Crippen molar-refractivity contribution in [3.63, 3.8) is 0 Å². The summed E-state index contributed by atoms with van der Waals surface area (Å²) in [5.41, 5.74) is 1.15. The monoisotopic (exact) mass is 354 g/mol. The van der Waals surface area contributed by atoms with Gasteiger partial charge in [0.2, 0.25) is 0 Å². The molecule has 0 saturated carbocycles. The van der Waals surface area contributed by atoms with Crippen molar-refractivity contribution in [2.75, 3.05) is 0 Å². The summed E-state index contributed by atoms with van der Waals surface area (Å²) < 4.78 is 5.22. The SMILES string of the molecule is Cc1onc(-c2c(Cl)cccc2Cl)c1C(=O)N[C@@H](C)C(C)(C)C. The average Bonchev–Trinajstić information content (AvgIpc) is 2.79. The smallest absolute Gasteiger partial charge is 0.257 e. The van der Waals surface area contributed by atoms with Crippen molar-refractivity contribution in [1.29, 1.82) is 0 Å². The Morgan fingerprint density at radius 3 is 2.35 bits per heavy atom. The molecule has 0 aliphatic carbocycles. The van der Waals surface area contributed by atoms with E-state index in [1.165, 1.54) is 0 Å². The quantitative estimate of drug-likeness (QED) is 0.831. The number of nitrogens with zero attached hydrogens (tertiary/aromatic N) is 1. The first kappa shape index (κ1) is 17.8. The summed E-state index contributed by atoms with van der Waals surface area (Å²) in [5.74, 6) is 0.173. The predicted molar refractivity (Wildman–Crippen MR) is 93.1 cm³/mol. The maximum absolute atomic E-state index is 12.7. The number of benzene rings is 1. The van der Waals surface area contributed by atoms with Gasteiger partial charge in [0.05, 0.1) is 10.0 Å². The van der Waals surface area contributed by atoms with E-state index in [0.29, 0.717) is 32.6 Å². The van der Waals surface area contributed by atoms with E-state index in [0.717, 1.165) is 0 Å². The Morgan fingerprint density at radius 1 is 1.26 bits per heavy atom. The molecule has 0 aliphatic rings. The lowest BCUT2D eigenvalue weighted by Gasteiger charge is -2.28.